The summed E-state index contributed by atoms with van der Waals surface area (Å²) in [5.74, 6) is -0.933. The minimum absolute atomic E-state index is 0.0901. The Morgan fingerprint density at radius 3 is 2.60 bits per heavy atom. The van der Waals surface area contributed by atoms with Crippen LogP contribution in [0.4, 0.5) is 10.5 Å². The molecule has 0 heterocycles. The molecule has 0 spiro atoms. The predicted octanol–water partition coefficient (Wildman–Crippen LogP) is 3.37. The van der Waals surface area contributed by atoms with Crippen molar-refractivity contribution in [3.63, 3.8) is 0 Å². The quantitative estimate of drug-likeness (QED) is 0.875. The van der Waals surface area contributed by atoms with Crippen molar-refractivity contribution in [2.75, 3.05) is 11.9 Å². The standard InChI is InChI=1S/C14H19ClN2O3/c1-9(2)17(7-6-13(18)19)14(20)16-12-8-10(3)4-5-11(12)15/h4-5,8-9H,6-7H2,1-3H3,(H,16,20)(H,18,19). The number of aryl methyl sites for hydroxylation is 1. The van der Waals surface area contributed by atoms with Gasteiger partial charge in [-0.15, -0.1) is 0 Å². The molecule has 0 aromatic heterocycles. The molecule has 2 amide bonds. The van der Waals surface area contributed by atoms with Crippen LogP contribution in [-0.4, -0.2) is 34.6 Å². The lowest BCUT2D eigenvalue weighted by Gasteiger charge is -2.26. The summed E-state index contributed by atoms with van der Waals surface area (Å²) in [6, 6.07) is 4.88. The number of carboxylic acid groups (broad SMARTS) is 1. The summed E-state index contributed by atoms with van der Waals surface area (Å²) in [5, 5.41) is 11.9. The molecule has 0 radical (unpaired) electrons. The molecule has 0 saturated heterocycles. The van der Waals surface area contributed by atoms with E-state index in [-0.39, 0.29) is 25.0 Å². The Labute approximate surface area is 123 Å². The molecule has 0 bridgehead atoms. The highest BCUT2D eigenvalue weighted by atomic mass is 35.5. The van der Waals surface area contributed by atoms with Crippen LogP contribution in [-0.2, 0) is 4.79 Å². The number of anilines is 1. The van der Waals surface area contributed by atoms with Gasteiger partial charge in [-0.1, -0.05) is 17.7 Å². The molecule has 0 unspecified atom stereocenters. The van der Waals surface area contributed by atoms with Crippen molar-refractivity contribution in [1.82, 2.24) is 4.90 Å². The van der Waals surface area contributed by atoms with Gasteiger partial charge in [0.15, 0.2) is 0 Å². The molecule has 5 nitrogen and oxygen atoms in total. The maximum absolute atomic E-state index is 12.2. The first-order valence-electron chi connectivity index (χ1n) is 6.37. The van der Waals surface area contributed by atoms with E-state index in [1.807, 2.05) is 26.8 Å². The number of carbonyl (C=O) groups excluding carboxylic acids is 1. The van der Waals surface area contributed by atoms with Gasteiger partial charge in [-0.2, -0.15) is 0 Å². The maximum atomic E-state index is 12.2. The molecule has 2 N–H and O–H groups in total. The lowest BCUT2D eigenvalue weighted by Crippen LogP contribution is -2.41. The number of rotatable bonds is 5. The van der Waals surface area contributed by atoms with Gasteiger partial charge in [-0.05, 0) is 38.5 Å². The molecule has 110 valence electrons. The first kappa shape index (κ1) is 16.3. The van der Waals surface area contributed by atoms with Crippen LogP contribution in [0, 0.1) is 6.92 Å². The smallest absolute Gasteiger partial charge is 0.322 e. The fourth-order valence-corrected chi connectivity index (χ4v) is 1.90. The minimum Gasteiger partial charge on any atom is -0.481 e. The summed E-state index contributed by atoms with van der Waals surface area (Å²) in [4.78, 5) is 24.3. The summed E-state index contributed by atoms with van der Waals surface area (Å²) < 4.78 is 0. The number of benzene rings is 1. The molecule has 1 aromatic carbocycles. The van der Waals surface area contributed by atoms with Crippen molar-refractivity contribution in [2.24, 2.45) is 0 Å². The fourth-order valence-electron chi connectivity index (χ4n) is 1.73. The second-order valence-corrected chi connectivity index (χ2v) is 5.25. The molecule has 1 aromatic rings. The van der Waals surface area contributed by atoms with Crippen LogP contribution >= 0.6 is 11.6 Å². The Kier molecular flexibility index (Phi) is 5.82. The van der Waals surface area contributed by atoms with Gasteiger partial charge < -0.3 is 15.3 Å². The molecule has 6 heteroatoms. The molecular formula is C14H19ClN2O3. The number of urea groups is 1. The van der Waals surface area contributed by atoms with Gasteiger partial charge >= 0.3 is 12.0 Å². The number of carbonyl (C=O) groups is 2. The third-order valence-electron chi connectivity index (χ3n) is 2.81. The second-order valence-electron chi connectivity index (χ2n) is 4.84. The second kappa shape index (κ2) is 7.14. The fraction of sp³-hybridized carbons (Fsp3) is 0.429. The summed E-state index contributed by atoms with van der Waals surface area (Å²) in [7, 11) is 0. The summed E-state index contributed by atoms with van der Waals surface area (Å²) in [6.07, 6.45) is -0.0901. The minimum atomic E-state index is -0.933. The number of hydrogen-bond donors (Lipinski definition) is 2. The van der Waals surface area contributed by atoms with E-state index in [9.17, 15) is 9.59 Å². The zero-order valence-corrected chi connectivity index (χ0v) is 12.6. The van der Waals surface area contributed by atoms with Crippen LogP contribution < -0.4 is 5.32 Å². The van der Waals surface area contributed by atoms with Gasteiger partial charge in [0.1, 0.15) is 0 Å². The lowest BCUT2D eigenvalue weighted by molar-refractivity contribution is -0.137. The van der Waals surface area contributed by atoms with Gasteiger partial charge in [0, 0.05) is 12.6 Å². The number of amides is 2. The van der Waals surface area contributed by atoms with Gasteiger partial charge in [-0.3, -0.25) is 4.79 Å². The third-order valence-corrected chi connectivity index (χ3v) is 3.14. The van der Waals surface area contributed by atoms with Crippen molar-refractivity contribution in [3.05, 3.63) is 28.8 Å². The van der Waals surface area contributed by atoms with Gasteiger partial charge in [0.2, 0.25) is 0 Å². The molecule has 0 fully saturated rings. The summed E-state index contributed by atoms with van der Waals surface area (Å²) in [6.45, 7) is 5.72. The highest BCUT2D eigenvalue weighted by Gasteiger charge is 2.18. The van der Waals surface area contributed by atoms with Crippen molar-refractivity contribution in [1.29, 1.82) is 0 Å². The Balaban J connectivity index is 2.80. The van der Waals surface area contributed by atoms with E-state index in [1.165, 1.54) is 4.90 Å². The van der Waals surface area contributed by atoms with Crippen LogP contribution in [0.1, 0.15) is 25.8 Å². The number of nitrogens with one attached hydrogen (secondary N) is 1. The molecule has 0 aliphatic carbocycles. The molecule has 0 aliphatic heterocycles. The van der Waals surface area contributed by atoms with Gasteiger partial charge in [0.25, 0.3) is 0 Å². The topological polar surface area (TPSA) is 69.6 Å². The number of nitrogens with zero attached hydrogens (tertiary/aromatic N) is 1. The zero-order valence-electron chi connectivity index (χ0n) is 11.8. The SMILES string of the molecule is Cc1ccc(Cl)c(NC(=O)N(CCC(=O)O)C(C)C)c1. The molecular weight excluding hydrogens is 280 g/mol. The Morgan fingerprint density at radius 1 is 1.40 bits per heavy atom. The molecule has 0 saturated carbocycles. The molecule has 0 atom stereocenters. The average molecular weight is 299 g/mol. The van der Waals surface area contributed by atoms with Gasteiger partial charge in [-0.25, -0.2) is 4.79 Å². The Hall–Kier alpha value is -1.75. The highest BCUT2D eigenvalue weighted by molar-refractivity contribution is 6.33. The maximum Gasteiger partial charge on any atom is 0.322 e. The number of halogens is 1. The average Bonchev–Trinajstić information content (AvgIpc) is 2.33. The van der Waals surface area contributed by atoms with Crippen LogP contribution in [0.25, 0.3) is 0 Å². The van der Waals surface area contributed by atoms with E-state index in [0.29, 0.717) is 10.7 Å². The first-order chi connectivity index (χ1) is 9.31. The highest BCUT2D eigenvalue weighted by Crippen LogP contribution is 2.23. The molecule has 20 heavy (non-hydrogen) atoms. The van der Waals surface area contributed by atoms with Crippen LogP contribution in [0.2, 0.25) is 5.02 Å². The normalized spacial score (nSPS) is 10.4. The number of hydrogen-bond acceptors (Lipinski definition) is 2. The summed E-state index contributed by atoms with van der Waals surface area (Å²) >= 11 is 6.02. The Bertz CT molecular complexity index is 503. The number of aliphatic carboxylic acids is 1. The van der Waals surface area contributed by atoms with E-state index in [2.05, 4.69) is 5.32 Å². The zero-order chi connectivity index (χ0) is 15.3. The van der Waals surface area contributed by atoms with Crippen LogP contribution in [0.15, 0.2) is 18.2 Å². The van der Waals surface area contributed by atoms with E-state index in [1.54, 1.807) is 12.1 Å². The van der Waals surface area contributed by atoms with Crippen molar-refractivity contribution >= 4 is 29.3 Å². The Morgan fingerprint density at radius 2 is 2.05 bits per heavy atom. The monoisotopic (exact) mass is 298 g/mol. The molecule has 1 rings (SSSR count). The van der Waals surface area contributed by atoms with Crippen molar-refractivity contribution in [2.45, 2.75) is 33.2 Å². The van der Waals surface area contributed by atoms with E-state index >= 15 is 0 Å². The van der Waals surface area contributed by atoms with E-state index in [4.69, 9.17) is 16.7 Å². The lowest BCUT2D eigenvalue weighted by atomic mass is 10.2. The largest absolute Gasteiger partial charge is 0.481 e. The van der Waals surface area contributed by atoms with Gasteiger partial charge in [0.05, 0.1) is 17.1 Å². The van der Waals surface area contributed by atoms with Crippen LogP contribution in [0.5, 0.6) is 0 Å². The van der Waals surface area contributed by atoms with E-state index in [0.717, 1.165) is 5.56 Å². The molecule has 0 aliphatic rings. The number of carboxylic acids is 1. The van der Waals surface area contributed by atoms with Crippen molar-refractivity contribution < 1.29 is 14.7 Å². The third kappa shape index (κ3) is 4.74. The predicted molar refractivity (Wildman–Crippen MR) is 79.3 cm³/mol. The van der Waals surface area contributed by atoms with E-state index < -0.39 is 5.97 Å². The van der Waals surface area contributed by atoms with Crippen molar-refractivity contribution in [3.8, 4) is 0 Å². The summed E-state index contributed by atoms with van der Waals surface area (Å²) in [5.41, 5.74) is 1.50. The van der Waals surface area contributed by atoms with Crippen LogP contribution in [0.3, 0.4) is 0 Å². The first-order valence-corrected chi connectivity index (χ1v) is 6.74.